The molecule has 1 aromatic carbocycles. The molecular formula is C12H15ClFN3O2. The Morgan fingerprint density at radius 3 is 2.84 bits per heavy atom. The van der Waals surface area contributed by atoms with Gasteiger partial charge >= 0.3 is 0 Å². The zero-order chi connectivity index (χ0) is 14.2. The first-order valence-corrected chi connectivity index (χ1v) is 6.42. The number of nitrogens with zero attached hydrogens (tertiary/aromatic N) is 2. The van der Waals surface area contributed by atoms with Gasteiger partial charge < -0.3 is 10.6 Å². The average molecular weight is 288 g/mol. The first-order chi connectivity index (χ1) is 8.90. The van der Waals surface area contributed by atoms with Crippen LogP contribution in [0.15, 0.2) is 12.1 Å². The lowest BCUT2D eigenvalue weighted by molar-refractivity contribution is -0.384. The van der Waals surface area contributed by atoms with Crippen LogP contribution in [0.2, 0.25) is 5.02 Å². The van der Waals surface area contributed by atoms with Crippen LogP contribution in [0.25, 0.3) is 0 Å². The van der Waals surface area contributed by atoms with Gasteiger partial charge in [0.1, 0.15) is 11.5 Å². The number of halogens is 2. The van der Waals surface area contributed by atoms with E-state index in [-0.39, 0.29) is 22.7 Å². The number of anilines is 1. The fraction of sp³-hybridized carbons (Fsp3) is 0.500. The fourth-order valence-corrected chi connectivity index (χ4v) is 2.47. The number of hydrogen-bond donors (Lipinski definition) is 1. The van der Waals surface area contributed by atoms with Crippen molar-refractivity contribution in [2.24, 2.45) is 11.7 Å². The molecule has 2 rings (SSSR count). The maximum atomic E-state index is 13.4. The molecule has 1 aromatic rings. The molecular weight excluding hydrogens is 273 g/mol. The van der Waals surface area contributed by atoms with Crippen molar-refractivity contribution in [1.82, 2.24) is 0 Å². The Morgan fingerprint density at radius 2 is 2.26 bits per heavy atom. The summed E-state index contributed by atoms with van der Waals surface area (Å²) in [6, 6.07) is 2.28. The van der Waals surface area contributed by atoms with Crippen LogP contribution in [0.5, 0.6) is 0 Å². The number of benzene rings is 1. The van der Waals surface area contributed by atoms with E-state index < -0.39 is 10.7 Å². The molecule has 7 heteroatoms. The lowest BCUT2D eigenvalue weighted by atomic mass is 9.94. The number of nitro benzene ring substituents is 1. The van der Waals surface area contributed by atoms with E-state index in [1.807, 2.05) is 11.8 Å². The molecule has 0 aliphatic carbocycles. The Bertz CT molecular complexity index is 512. The standard InChI is InChI=1S/C12H15ClFN3O2/c1-7-6-16(3-2-10(7)15)11-4-8(13)9(14)5-12(11)17(18)19/h4-5,7,10H,2-3,6,15H2,1H3. The zero-order valence-corrected chi connectivity index (χ0v) is 11.2. The SMILES string of the molecule is CC1CN(c2cc(Cl)c(F)cc2[N+](=O)[O-])CCC1N. The average Bonchev–Trinajstić information content (AvgIpc) is 2.35. The van der Waals surface area contributed by atoms with E-state index in [0.29, 0.717) is 18.8 Å². The van der Waals surface area contributed by atoms with Gasteiger partial charge in [0.05, 0.1) is 16.0 Å². The molecule has 5 nitrogen and oxygen atoms in total. The van der Waals surface area contributed by atoms with Gasteiger partial charge in [-0.15, -0.1) is 0 Å². The van der Waals surface area contributed by atoms with Gasteiger partial charge in [-0.3, -0.25) is 10.1 Å². The van der Waals surface area contributed by atoms with E-state index in [1.54, 1.807) is 0 Å². The first kappa shape index (κ1) is 14.0. The van der Waals surface area contributed by atoms with E-state index in [9.17, 15) is 14.5 Å². The maximum Gasteiger partial charge on any atom is 0.295 e. The van der Waals surface area contributed by atoms with Gasteiger partial charge in [-0.2, -0.15) is 0 Å². The minimum absolute atomic E-state index is 0.0891. The van der Waals surface area contributed by atoms with Crippen molar-refractivity contribution in [3.63, 3.8) is 0 Å². The Labute approximate surface area is 115 Å². The molecule has 1 aliphatic heterocycles. The number of nitro groups is 1. The van der Waals surface area contributed by atoms with Crippen LogP contribution in [-0.4, -0.2) is 24.1 Å². The van der Waals surface area contributed by atoms with Gasteiger partial charge in [0.15, 0.2) is 0 Å². The highest BCUT2D eigenvalue weighted by molar-refractivity contribution is 6.31. The monoisotopic (exact) mass is 287 g/mol. The van der Waals surface area contributed by atoms with Gasteiger partial charge in [0.2, 0.25) is 0 Å². The summed E-state index contributed by atoms with van der Waals surface area (Å²) in [5, 5.41) is 10.9. The summed E-state index contributed by atoms with van der Waals surface area (Å²) in [5.74, 6) is -0.559. The van der Waals surface area contributed by atoms with Gasteiger partial charge in [-0.25, -0.2) is 4.39 Å². The molecule has 19 heavy (non-hydrogen) atoms. The van der Waals surface area contributed by atoms with Crippen LogP contribution in [-0.2, 0) is 0 Å². The molecule has 0 bridgehead atoms. The van der Waals surface area contributed by atoms with Crippen molar-refractivity contribution in [1.29, 1.82) is 0 Å². The number of rotatable bonds is 2. The molecule has 0 radical (unpaired) electrons. The summed E-state index contributed by atoms with van der Waals surface area (Å²) in [6.45, 7) is 3.20. The summed E-state index contributed by atoms with van der Waals surface area (Å²) in [4.78, 5) is 12.3. The van der Waals surface area contributed by atoms with Crippen LogP contribution in [0.1, 0.15) is 13.3 Å². The van der Waals surface area contributed by atoms with E-state index in [2.05, 4.69) is 0 Å². The third-order valence-electron chi connectivity index (χ3n) is 3.53. The smallest absolute Gasteiger partial charge is 0.295 e. The molecule has 0 amide bonds. The van der Waals surface area contributed by atoms with Crippen molar-refractivity contribution in [3.8, 4) is 0 Å². The van der Waals surface area contributed by atoms with E-state index in [1.165, 1.54) is 6.07 Å². The van der Waals surface area contributed by atoms with Gasteiger partial charge in [-0.05, 0) is 18.4 Å². The summed E-state index contributed by atoms with van der Waals surface area (Å²) in [6.07, 6.45) is 0.743. The van der Waals surface area contributed by atoms with Crippen LogP contribution in [0, 0.1) is 21.8 Å². The molecule has 0 aromatic heterocycles. The second-order valence-corrected chi connectivity index (χ2v) is 5.30. The lowest BCUT2D eigenvalue weighted by Crippen LogP contribution is -2.46. The molecule has 2 atom stereocenters. The molecule has 2 unspecified atom stereocenters. The molecule has 2 N–H and O–H groups in total. The molecule has 1 heterocycles. The van der Waals surface area contributed by atoms with Crippen molar-refractivity contribution in [2.45, 2.75) is 19.4 Å². The second-order valence-electron chi connectivity index (χ2n) is 4.89. The second kappa shape index (κ2) is 5.30. The van der Waals surface area contributed by atoms with Crippen LogP contribution < -0.4 is 10.6 Å². The minimum Gasteiger partial charge on any atom is -0.366 e. The maximum absolute atomic E-state index is 13.4. The highest BCUT2D eigenvalue weighted by atomic mass is 35.5. The Hall–Kier alpha value is -1.40. The highest BCUT2D eigenvalue weighted by Crippen LogP contribution is 2.35. The Balaban J connectivity index is 2.38. The summed E-state index contributed by atoms with van der Waals surface area (Å²) in [7, 11) is 0. The van der Waals surface area contributed by atoms with Crippen molar-refractivity contribution < 1.29 is 9.31 Å². The normalized spacial score (nSPS) is 23.5. The Kier molecular flexibility index (Phi) is 3.91. The van der Waals surface area contributed by atoms with Crippen LogP contribution in [0.3, 0.4) is 0 Å². The van der Waals surface area contributed by atoms with Crippen molar-refractivity contribution in [2.75, 3.05) is 18.0 Å². The van der Waals surface area contributed by atoms with Crippen LogP contribution >= 0.6 is 11.6 Å². The quantitative estimate of drug-likeness (QED) is 0.670. The summed E-state index contributed by atoms with van der Waals surface area (Å²) >= 11 is 5.73. The number of nitrogens with two attached hydrogens (primary N) is 1. The topological polar surface area (TPSA) is 72.4 Å². The molecule has 1 saturated heterocycles. The fourth-order valence-electron chi connectivity index (χ4n) is 2.31. The van der Waals surface area contributed by atoms with E-state index in [4.69, 9.17) is 17.3 Å². The predicted octanol–water partition coefficient (Wildman–Crippen LogP) is 2.56. The molecule has 104 valence electrons. The third-order valence-corrected chi connectivity index (χ3v) is 3.82. The number of piperidine rings is 1. The molecule has 0 saturated carbocycles. The molecule has 1 fully saturated rings. The van der Waals surface area contributed by atoms with Gasteiger partial charge in [0.25, 0.3) is 5.69 Å². The lowest BCUT2D eigenvalue weighted by Gasteiger charge is -2.36. The summed E-state index contributed by atoms with van der Waals surface area (Å²) in [5.41, 5.74) is 6.02. The van der Waals surface area contributed by atoms with Gasteiger partial charge in [0, 0.05) is 19.1 Å². The first-order valence-electron chi connectivity index (χ1n) is 6.04. The predicted molar refractivity (Wildman–Crippen MR) is 72.0 cm³/mol. The van der Waals surface area contributed by atoms with E-state index in [0.717, 1.165) is 12.5 Å². The van der Waals surface area contributed by atoms with Crippen molar-refractivity contribution in [3.05, 3.63) is 33.1 Å². The summed E-state index contributed by atoms with van der Waals surface area (Å²) < 4.78 is 13.4. The highest BCUT2D eigenvalue weighted by Gasteiger charge is 2.28. The minimum atomic E-state index is -0.779. The Morgan fingerprint density at radius 1 is 1.58 bits per heavy atom. The van der Waals surface area contributed by atoms with Crippen LogP contribution in [0.4, 0.5) is 15.8 Å². The molecule has 1 aliphatic rings. The largest absolute Gasteiger partial charge is 0.366 e. The molecule has 0 spiro atoms. The van der Waals surface area contributed by atoms with E-state index >= 15 is 0 Å². The van der Waals surface area contributed by atoms with Gasteiger partial charge in [-0.1, -0.05) is 18.5 Å². The third kappa shape index (κ3) is 2.79. The zero-order valence-electron chi connectivity index (χ0n) is 10.5. The number of hydrogen-bond acceptors (Lipinski definition) is 4. The van der Waals surface area contributed by atoms with Crippen molar-refractivity contribution >= 4 is 23.0 Å².